The summed E-state index contributed by atoms with van der Waals surface area (Å²) >= 11 is 6.10. The average Bonchev–Trinajstić information content (AvgIpc) is 3.27. The maximum absolute atomic E-state index is 13.7. The molecular formula is C28H31ClF2N4O2. The maximum atomic E-state index is 13.7. The van der Waals surface area contributed by atoms with Gasteiger partial charge in [-0.25, -0.2) is 8.78 Å². The number of halogens is 3. The van der Waals surface area contributed by atoms with E-state index in [1.807, 2.05) is 33.7 Å². The van der Waals surface area contributed by atoms with E-state index in [1.165, 1.54) is 4.90 Å². The van der Waals surface area contributed by atoms with Gasteiger partial charge in [-0.1, -0.05) is 11.6 Å². The van der Waals surface area contributed by atoms with E-state index in [9.17, 15) is 18.4 Å². The normalized spacial score (nSPS) is 18.5. The summed E-state index contributed by atoms with van der Waals surface area (Å²) in [4.78, 5) is 32.4. The number of carbonyl (C=O) groups excluding carboxylic acids is 2. The molecule has 0 N–H and O–H groups in total. The van der Waals surface area contributed by atoms with E-state index in [-0.39, 0.29) is 37.7 Å². The molecule has 0 bridgehead atoms. The highest BCUT2D eigenvalue weighted by atomic mass is 35.5. The number of piperidine rings is 2. The Bertz CT molecular complexity index is 1300. The van der Waals surface area contributed by atoms with Gasteiger partial charge >= 0.3 is 0 Å². The smallest absolute Gasteiger partial charge is 0.270 e. The minimum atomic E-state index is -2.74. The number of alkyl halides is 2. The van der Waals surface area contributed by atoms with Crippen molar-refractivity contribution in [2.45, 2.75) is 37.6 Å². The van der Waals surface area contributed by atoms with Gasteiger partial charge in [0.2, 0.25) is 0 Å². The molecular weight excluding hydrogens is 498 g/mol. The van der Waals surface area contributed by atoms with Crippen molar-refractivity contribution in [1.29, 1.82) is 0 Å². The Morgan fingerprint density at radius 3 is 2.14 bits per heavy atom. The Kier molecular flexibility index (Phi) is 6.98. The summed E-state index contributed by atoms with van der Waals surface area (Å²) in [5.41, 5.74) is 2.44. The van der Waals surface area contributed by atoms with E-state index >= 15 is 0 Å². The van der Waals surface area contributed by atoms with Crippen LogP contribution in [0, 0.1) is 0 Å². The zero-order valence-electron chi connectivity index (χ0n) is 21.1. The van der Waals surface area contributed by atoms with Gasteiger partial charge in [0.05, 0.1) is 5.52 Å². The lowest BCUT2D eigenvalue weighted by atomic mass is 10.0. The van der Waals surface area contributed by atoms with Crippen molar-refractivity contribution >= 4 is 34.3 Å². The molecule has 0 unspecified atom stereocenters. The predicted octanol–water partition coefficient (Wildman–Crippen LogP) is 5.32. The number of carbonyl (C=O) groups is 2. The first-order valence-corrected chi connectivity index (χ1v) is 13.0. The molecule has 2 saturated heterocycles. The van der Waals surface area contributed by atoms with Crippen LogP contribution >= 0.6 is 11.6 Å². The summed E-state index contributed by atoms with van der Waals surface area (Å²) in [5.74, 6) is -3.07. The highest BCUT2D eigenvalue weighted by Crippen LogP contribution is 2.31. The first-order valence-electron chi connectivity index (χ1n) is 12.7. The van der Waals surface area contributed by atoms with E-state index in [1.54, 1.807) is 24.3 Å². The molecule has 0 saturated carbocycles. The minimum Gasteiger partial charge on any atom is -0.339 e. The molecule has 3 heterocycles. The lowest BCUT2D eigenvalue weighted by Crippen LogP contribution is -2.44. The number of rotatable bonds is 4. The van der Waals surface area contributed by atoms with Crippen LogP contribution in [-0.2, 0) is 0 Å². The molecule has 6 nitrogen and oxygen atoms in total. The van der Waals surface area contributed by atoms with Crippen LogP contribution in [0.25, 0.3) is 16.6 Å². The fourth-order valence-corrected chi connectivity index (χ4v) is 5.47. The number of amides is 2. The number of hydrogen-bond donors (Lipinski definition) is 0. The van der Waals surface area contributed by atoms with Gasteiger partial charge < -0.3 is 19.3 Å². The summed E-state index contributed by atoms with van der Waals surface area (Å²) in [6.07, 6.45) is 1.18. The number of aromatic nitrogens is 1. The second-order valence-corrected chi connectivity index (χ2v) is 10.7. The fourth-order valence-electron chi connectivity index (χ4n) is 5.34. The van der Waals surface area contributed by atoms with Crippen molar-refractivity contribution in [1.82, 2.24) is 19.3 Å². The Hall–Kier alpha value is -2.97. The Balaban J connectivity index is 1.49. The third kappa shape index (κ3) is 5.22. The predicted molar refractivity (Wildman–Crippen MR) is 141 cm³/mol. The van der Waals surface area contributed by atoms with Crippen LogP contribution in [0.5, 0.6) is 0 Å². The zero-order valence-corrected chi connectivity index (χ0v) is 21.8. The fraction of sp³-hybridized carbons (Fsp3) is 0.429. The summed E-state index contributed by atoms with van der Waals surface area (Å²) in [5, 5.41) is 1.31. The molecule has 2 amide bonds. The van der Waals surface area contributed by atoms with Crippen LogP contribution in [0.1, 0.15) is 46.5 Å². The number of benzene rings is 2. The quantitative estimate of drug-likeness (QED) is 0.460. The molecule has 1 aromatic heterocycles. The van der Waals surface area contributed by atoms with Crippen LogP contribution < -0.4 is 0 Å². The van der Waals surface area contributed by atoms with Crippen molar-refractivity contribution in [2.24, 2.45) is 0 Å². The lowest BCUT2D eigenvalue weighted by molar-refractivity contribution is -0.0495. The number of fused-ring (bicyclic) bond motifs is 1. The van der Waals surface area contributed by atoms with Crippen LogP contribution in [0.2, 0.25) is 5.02 Å². The van der Waals surface area contributed by atoms with Gasteiger partial charge in [-0.3, -0.25) is 9.59 Å². The number of likely N-dealkylation sites (tertiary alicyclic amines) is 2. The van der Waals surface area contributed by atoms with Crippen LogP contribution in [0.4, 0.5) is 8.78 Å². The van der Waals surface area contributed by atoms with Gasteiger partial charge in [-0.05, 0) is 75.5 Å². The van der Waals surface area contributed by atoms with Crippen LogP contribution in [0.3, 0.4) is 0 Å². The number of nitrogens with zero attached hydrogens (tertiary/aromatic N) is 4. The molecule has 2 aromatic carbocycles. The molecule has 0 spiro atoms. The number of hydrogen-bond acceptors (Lipinski definition) is 3. The van der Waals surface area contributed by atoms with Crippen molar-refractivity contribution in [3.63, 3.8) is 0 Å². The lowest BCUT2D eigenvalue weighted by Gasteiger charge is -2.35. The average molecular weight is 529 g/mol. The molecule has 2 aliphatic rings. The van der Waals surface area contributed by atoms with Gasteiger partial charge in [0.25, 0.3) is 17.7 Å². The second kappa shape index (κ2) is 10.1. The van der Waals surface area contributed by atoms with Crippen molar-refractivity contribution < 1.29 is 18.4 Å². The van der Waals surface area contributed by atoms with Crippen molar-refractivity contribution in [3.05, 3.63) is 64.8 Å². The van der Waals surface area contributed by atoms with Crippen LogP contribution in [-0.4, -0.2) is 83.3 Å². The minimum absolute atomic E-state index is 0.000610. The van der Waals surface area contributed by atoms with Gasteiger partial charge in [0, 0.05) is 66.7 Å². The van der Waals surface area contributed by atoms with Crippen molar-refractivity contribution in [2.75, 3.05) is 40.3 Å². The Labute approximate surface area is 220 Å². The van der Waals surface area contributed by atoms with Crippen LogP contribution in [0.15, 0.2) is 48.5 Å². The molecule has 0 atom stereocenters. The molecule has 2 fully saturated rings. The van der Waals surface area contributed by atoms with Crippen molar-refractivity contribution in [3.8, 4) is 5.69 Å². The van der Waals surface area contributed by atoms with E-state index in [0.29, 0.717) is 35.4 Å². The van der Waals surface area contributed by atoms with Gasteiger partial charge in [-0.15, -0.1) is 0 Å². The standard InChI is InChI=1S/C28H31ClF2N4O2/c1-32(2)22-9-13-33(14-10-22)26(36)19-3-8-24-20(17-19)18-25(35(24)23-6-4-21(29)5-7-23)27(37)34-15-11-28(30,31)12-16-34/h3-8,17-18,22H,9-16H2,1-2H3. The molecule has 5 rings (SSSR count). The summed E-state index contributed by atoms with van der Waals surface area (Å²) in [6, 6.07) is 14.8. The Morgan fingerprint density at radius 2 is 1.51 bits per heavy atom. The topological polar surface area (TPSA) is 48.8 Å². The SMILES string of the molecule is CN(C)C1CCN(C(=O)c2ccc3c(c2)cc(C(=O)N2CCC(F)(F)CC2)n3-c2ccc(Cl)cc2)CC1. The Morgan fingerprint density at radius 1 is 0.892 bits per heavy atom. The molecule has 0 aliphatic carbocycles. The van der Waals surface area contributed by atoms with Gasteiger partial charge in [-0.2, -0.15) is 0 Å². The van der Waals surface area contributed by atoms with E-state index < -0.39 is 5.92 Å². The molecule has 196 valence electrons. The summed E-state index contributed by atoms with van der Waals surface area (Å²) < 4.78 is 29.3. The van der Waals surface area contributed by atoms with E-state index in [4.69, 9.17) is 11.6 Å². The zero-order chi connectivity index (χ0) is 26.3. The van der Waals surface area contributed by atoms with E-state index in [0.717, 1.165) is 29.4 Å². The highest BCUT2D eigenvalue weighted by molar-refractivity contribution is 6.30. The molecule has 37 heavy (non-hydrogen) atoms. The van der Waals surface area contributed by atoms with E-state index in [2.05, 4.69) is 19.0 Å². The first-order chi connectivity index (χ1) is 17.6. The molecule has 3 aromatic rings. The molecule has 0 radical (unpaired) electrons. The van der Waals surface area contributed by atoms with Gasteiger partial charge in [0.15, 0.2) is 0 Å². The largest absolute Gasteiger partial charge is 0.339 e. The summed E-state index contributed by atoms with van der Waals surface area (Å²) in [6.45, 7) is 1.41. The third-order valence-corrected chi connectivity index (χ3v) is 7.87. The third-order valence-electron chi connectivity index (χ3n) is 7.62. The summed E-state index contributed by atoms with van der Waals surface area (Å²) in [7, 11) is 4.13. The first kappa shape index (κ1) is 25.7. The second-order valence-electron chi connectivity index (χ2n) is 10.3. The maximum Gasteiger partial charge on any atom is 0.270 e. The van der Waals surface area contributed by atoms with Gasteiger partial charge in [0.1, 0.15) is 5.69 Å². The molecule has 9 heteroatoms. The highest BCUT2D eigenvalue weighted by Gasteiger charge is 2.36. The molecule has 2 aliphatic heterocycles. The monoisotopic (exact) mass is 528 g/mol.